The summed E-state index contributed by atoms with van der Waals surface area (Å²) in [4.78, 5) is 29.0. The molecule has 59 heavy (non-hydrogen) atoms. The molecule has 324 valence electrons. The molecule has 0 radical (unpaired) electrons. The highest BCUT2D eigenvalue weighted by molar-refractivity contribution is 5.79. The number of halogens is 1. The molecule has 0 bridgehead atoms. The number of hydrogen-bond donors (Lipinski definition) is 2. The van der Waals surface area contributed by atoms with Gasteiger partial charge in [-0.3, -0.25) is 9.59 Å². The van der Waals surface area contributed by atoms with Crippen LogP contribution in [0.4, 0.5) is 4.39 Å². The van der Waals surface area contributed by atoms with Crippen molar-refractivity contribution in [2.24, 2.45) is 56.7 Å². The van der Waals surface area contributed by atoms with Crippen molar-refractivity contribution in [1.29, 1.82) is 0 Å². The summed E-state index contributed by atoms with van der Waals surface area (Å²) in [5.41, 5.74) is 3.73. The van der Waals surface area contributed by atoms with E-state index >= 15 is 0 Å². The van der Waals surface area contributed by atoms with Crippen molar-refractivity contribution in [1.82, 2.24) is 10.2 Å². The zero-order valence-electron chi connectivity index (χ0n) is 37.6. The van der Waals surface area contributed by atoms with E-state index in [9.17, 15) is 19.1 Å². The molecule has 1 saturated heterocycles. The molecule has 0 spiro atoms. The fourth-order valence-electron chi connectivity index (χ4n) is 15.6. The number of piperidine rings is 1. The van der Waals surface area contributed by atoms with Crippen LogP contribution in [0.3, 0.4) is 0 Å². The third-order valence-corrected chi connectivity index (χ3v) is 19.3. The summed E-state index contributed by atoms with van der Waals surface area (Å²) in [5, 5.41) is 14.5. The minimum absolute atomic E-state index is 0.0275. The number of amides is 1. The molecule has 1 amide bonds. The molecule has 1 heterocycles. The Kier molecular flexibility index (Phi) is 11.1. The predicted octanol–water partition coefficient (Wildman–Crippen LogP) is 10.7. The van der Waals surface area contributed by atoms with Crippen LogP contribution in [0.1, 0.15) is 144 Å². The van der Waals surface area contributed by atoms with Gasteiger partial charge in [-0.05, 0) is 172 Å². The summed E-state index contributed by atoms with van der Waals surface area (Å²) in [5.74, 6) is 2.47. The van der Waals surface area contributed by atoms with Crippen molar-refractivity contribution >= 4 is 11.9 Å². The number of benzene rings is 1. The number of allylic oxidation sites excluding steroid dienone is 5. The summed E-state index contributed by atoms with van der Waals surface area (Å²) < 4.78 is 20.5. The fourth-order valence-corrected chi connectivity index (χ4v) is 15.6. The summed E-state index contributed by atoms with van der Waals surface area (Å²) in [6.07, 6.45) is 18.2. The van der Waals surface area contributed by atoms with Gasteiger partial charge in [0.2, 0.25) is 5.91 Å². The first-order valence-electron chi connectivity index (χ1n) is 23.4. The standard InChI is InChI=1S/C52H75FN2O4/c1-35(2)38-18-25-52(54-32-43(56)55-30-28-47(5,58)29-31-55)27-26-49(7)40(44(38)52)14-15-42-48(6)21-19-39(46(3,4)41(48)20-22-50(42,49)8)37-16-23-51(34-53,24-17-37)45(57)59-33-36-12-10-9-11-13-36/h9-13,16,19,38,40-42,44,54,58H,1,14-15,17-18,20-34H2,2-8H3/t38-,40+,41-,42+,44+,48-,49+,50+,51-,52-/m0/s1. The van der Waals surface area contributed by atoms with Crippen LogP contribution < -0.4 is 5.32 Å². The van der Waals surface area contributed by atoms with Crippen LogP contribution in [0.15, 0.2) is 65.8 Å². The van der Waals surface area contributed by atoms with Crippen molar-refractivity contribution in [3.05, 3.63) is 71.3 Å². The Morgan fingerprint density at radius 1 is 0.864 bits per heavy atom. The third kappa shape index (κ3) is 6.93. The first-order chi connectivity index (χ1) is 27.8. The number of hydrogen-bond acceptors (Lipinski definition) is 5. The van der Waals surface area contributed by atoms with E-state index in [2.05, 4.69) is 65.6 Å². The normalized spacial score (nSPS) is 41.0. The summed E-state index contributed by atoms with van der Waals surface area (Å²) in [7, 11) is 0. The van der Waals surface area contributed by atoms with Gasteiger partial charge in [-0.1, -0.05) is 89.3 Å². The predicted molar refractivity (Wildman–Crippen MR) is 234 cm³/mol. The average molecular weight is 811 g/mol. The first kappa shape index (κ1) is 42.9. The second-order valence-corrected chi connectivity index (χ2v) is 22.5. The number of nitrogens with zero attached hydrogens (tertiary/aromatic N) is 1. The Balaban J connectivity index is 1.00. The van der Waals surface area contributed by atoms with E-state index in [4.69, 9.17) is 4.74 Å². The van der Waals surface area contributed by atoms with E-state index in [1.807, 2.05) is 42.2 Å². The van der Waals surface area contributed by atoms with Crippen LogP contribution in [0, 0.1) is 56.7 Å². The number of carbonyl (C=O) groups excluding carboxylic acids is 2. The van der Waals surface area contributed by atoms with Gasteiger partial charge < -0.3 is 20.1 Å². The van der Waals surface area contributed by atoms with E-state index in [0.29, 0.717) is 81.3 Å². The molecule has 1 aromatic carbocycles. The SMILES string of the molecule is C=C(C)[C@@H]1CC[C@]2(NCC(=O)N3CCC(C)(O)CC3)CC[C@]3(C)[C@H](CC[C@@H]4[C@@]5(C)CC=C(C6=CC[C@](CF)(C(=O)OCc7ccccc7)CC6)C(C)(C)[C@@H]5CC[C@]43C)[C@@H]12. The number of fused-ring (bicyclic) bond motifs is 7. The maximum absolute atomic E-state index is 14.8. The van der Waals surface area contributed by atoms with E-state index in [0.717, 1.165) is 31.2 Å². The summed E-state index contributed by atoms with van der Waals surface area (Å²) in [6, 6.07) is 9.66. The molecule has 0 aromatic heterocycles. The first-order valence-corrected chi connectivity index (χ1v) is 23.4. The number of rotatable bonds is 9. The van der Waals surface area contributed by atoms with Crippen LogP contribution in [0.2, 0.25) is 0 Å². The van der Waals surface area contributed by atoms with Crippen LogP contribution in [0.5, 0.6) is 0 Å². The van der Waals surface area contributed by atoms with Crippen LogP contribution in [-0.4, -0.2) is 59.3 Å². The molecule has 7 aliphatic rings. The number of ether oxygens (including phenoxy) is 1. The van der Waals surface area contributed by atoms with E-state index in [-0.39, 0.29) is 39.7 Å². The summed E-state index contributed by atoms with van der Waals surface area (Å²) in [6.45, 7) is 22.8. The second-order valence-electron chi connectivity index (χ2n) is 22.5. The smallest absolute Gasteiger partial charge is 0.315 e. The molecule has 2 N–H and O–H groups in total. The lowest BCUT2D eigenvalue weighted by Gasteiger charge is -2.72. The lowest BCUT2D eigenvalue weighted by Crippen LogP contribution is -2.68. The Hall–Kier alpha value is -2.77. The molecular weight excluding hydrogens is 736 g/mol. The largest absolute Gasteiger partial charge is 0.460 e. The van der Waals surface area contributed by atoms with Crippen molar-refractivity contribution in [3.8, 4) is 0 Å². The van der Waals surface area contributed by atoms with E-state index < -0.39 is 23.7 Å². The van der Waals surface area contributed by atoms with Gasteiger partial charge in [0.15, 0.2) is 0 Å². The molecule has 5 fully saturated rings. The Morgan fingerprint density at radius 3 is 2.25 bits per heavy atom. The number of likely N-dealkylation sites (tertiary alicyclic amines) is 1. The Labute approximate surface area is 355 Å². The zero-order chi connectivity index (χ0) is 42.2. The van der Waals surface area contributed by atoms with Crippen LogP contribution in [0.25, 0.3) is 0 Å². The molecule has 0 unspecified atom stereocenters. The lowest BCUT2D eigenvalue weighted by molar-refractivity contribution is -0.221. The minimum atomic E-state index is -1.10. The minimum Gasteiger partial charge on any atom is -0.460 e. The highest BCUT2D eigenvalue weighted by Crippen LogP contribution is 2.76. The molecule has 10 atom stereocenters. The van der Waals surface area contributed by atoms with Crippen LogP contribution in [-0.2, 0) is 20.9 Å². The van der Waals surface area contributed by atoms with Crippen LogP contribution >= 0.6 is 0 Å². The molecule has 1 aromatic rings. The number of alkyl halides is 1. The lowest BCUT2D eigenvalue weighted by atomic mass is 9.33. The van der Waals surface area contributed by atoms with Gasteiger partial charge >= 0.3 is 5.97 Å². The van der Waals surface area contributed by atoms with E-state index in [1.54, 1.807) is 0 Å². The number of carbonyl (C=O) groups is 2. The highest BCUT2D eigenvalue weighted by atomic mass is 19.1. The second kappa shape index (κ2) is 15.2. The average Bonchev–Trinajstić information content (AvgIpc) is 3.60. The molecular formula is C52H75FN2O4. The van der Waals surface area contributed by atoms with E-state index in [1.165, 1.54) is 48.8 Å². The highest BCUT2D eigenvalue weighted by Gasteiger charge is 2.70. The van der Waals surface area contributed by atoms with Crippen molar-refractivity contribution in [3.63, 3.8) is 0 Å². The van der Waals surface area contributed by atoms with Crippen molar-refractivity contribution < 1.29 is 23.8 Å². The monoisotopic (exact) mass is 811 g/mol. The number of esters is 1. The summed E-state index contributed by atoms with van der Waals surface area (Å²) >= 11 is 0. The van der Waals surface area contributed by atoms with Gasteiger partial charge in [0, 0.05) is 18.6 Å². The van der Waals surface area contributed by atoms with Gasteiger partial charge in [0.25, 0.3) is 0 Å². The maximum atomic E-state index is 14.8. The Bertz CT molecular complexity index is 1860. The molecule has 6 aliphatic carbocycles. The topological polar surface area (TPSA) is 78.9 Å². The number of nitrogens with one attached hydrogen (secondary N) is 1. The van der Waals surface area contributed by atoms with Crippen molar-refractivity contribution in [2.45, 2.75) is 156 Å². The molecule has 6 nitrogen and oxygen atoms in total. The molecule has 4 saturated carbocycles. The van der Waals surface area contributed by atoms with Gasteiger partial charge in [-0.2, -0.15) is 0 Å². The van der Waals surface area contributed by atoms with Gasteiger partial charge in [-0.15, -0.1) is 0 Å². The van der Waals surface area contributed by atoms with Gasteiger partial charge in [0.05, 0.1) is 17.6 Å². The fraction of sp³-hybridized carbons (Fsp3) is 0.731. The third-order valence-electron chi connectivity index (χ3n) is 19.3. The molecule has 8 rings (SSSR count). The zero-order valence-corrected chi connectivity index (χ0v) is 37.6. The molecule has 1 aliphatic heterocycles. The maximum Gasteiger partial charge on any atom is 0.315 e. The molecule has 7 heteroatoms. The van der Waals surface area contributed by atoms with Gasteiger partial charge in [0.1, 0.15) is 13.3 Å². The Morgan fingerprint density at radius 2 is 1.59 bits per heavy atom. The van der Waals surface area contributed by atoms with Gasteiger partial charge in [-0.25, -0.2) is 4.39 Å². The quantitative estimate of drug-likeness (QED) is 0.192. The van der Waals surface area contributed by atoms with Crippen molar-refractivity contribution in [2.75, 3.05) is 26.3 Å². The number of aliphatic hydroxyl groups is 1.